The van der Waals surface area contributed by atoms with Crippen LogP contribution in [0.1, 0.15) is 44.9 Å². The molecule has 0 radical (unpaired) electrons. The van der Waals surface area contributed by atoms with Crippen molar-refractivity contribution in [1.82, 2.24) is 0 Å². The number of unbranched alkanes of at least 4 members (excludes halogenated alkanes) is 2. The minimum Gasteiger partial charge on any atom is -0.481 e. The maximum Gasteiger partial charge on any atom is 0.303 e. The summed E-state index contributed by atoms with van der Waals surface area (Å²) in [6.45, 7) is 0. The monoisotopic (exact) mass is 200 g/mol. The summed E-state index contributed by atoms with van der Waals surface area (Å²) in [7, 11) is 0. The zero-order valence-electron chi connectivity index (χ0n) is 8.20. The second kappa shape index (κ2) is 8.41. The van der Waals surface area contributed by atoms with E-state index in [0.29, 0.717) is 38.5 Å². The van der Waals surface area contributed by atoms with Crippen molar-refractivity contribution < 1.29 is 19.5 Å². The van der Waals surface area contributed by atoms with E-state index in [2.05, 4.69) is 0 Å². The second-order valence-corrected chi connectivity index (χ2v) is 3.20. The highest BCUT2D eigenvalue weighted by Crippen LogP contribution is 2.04. The molecule has 0 atom stereocenters. The number of hydrogen-bond donors (Lipinski definition) is 1. The standard InChI is InChI=1S/C10H16O4/c11-8-4-3-6-9(12)5-1-2-7-10(13)14/h8H,1-7H2,(H,13,14). The number of ketones is 1. The highest BCUT2D eigenvalue weighted by atomic mass is 16.4. The molecule has 0 aromatic rings. The Morgan fingerprint density at radius 2 is 1.57 bits per heavy atom. The van der Waals surface area contributed by atoms with Crippen molar-refractivity contribution in [3.63, 3.8) is 0 Å². The van der Waals surface area contributed by atoms with Crippen molar-refractivity contribution in [2.75, 3.05) is 0 Å². The molecule has 4 heteroatoms. The maximum absolute atomic E-state index is 11.1. The van der Waals surface area contributed by atoms with E-state index in [9.17, 15) is 14.4 Å². The molecule has 0 amide bonds. The molecule has 0 spiro atoms. The number of Topliss-reactive ketones (excluding diaryl/α,β-unsaturated/α-hetero) is 1. The summed E-state index contributed by atoms with van der Waals surface area (Å²) in [5.41, 5.74) is 0. The Kier molecular flexibility index (Phi) is 7.70. The van der Waals surface area contributed by atoms with E-state index in [-0.39, 0.29) is 12.2 Å². The number of rotatable bonds is 9. The zero-order chi connectivity index (χ0) is 10.8. The molecule has 0 aliphatic heterocycles. The van der Waals surface area contributed by atoms with Gasteiger partial charge >= 0.3 is 5.97 Å². The first kappa shape index (κ1) is 12.8. The van der Waals surface area contributed by atoms with Gasteiger partial charge in [0.2, 0.25) is 0 Å². The van der Waals surface area contributed by atoms with Crippen molar-refractivity contribution in [3.8, 4) is 0 Å². The maximum atomic E-state index is 11.1. The second-order valence-electron chi connectivity index (χ2n) is 3.20. The van der Waals surface area contributed by atoms with E-state index in [4.69, 9.17) is 5.11 Å². The van der Waals surface area contributed by atoms with Gasteiger partial charge in [0.15, 0.2) is 0 Å². The Balaban J connectivity index is 3.26. The summed E-state index contributed by atoms with van der Waals surface area (Å²) in [6, 6.07) is 0. The molecule has 0 saturated heterocycles. The predicted molar refractivity (Wildman–Crippen MR) is 51.0 cm³/mol. The molecule has 0 aromatic heterocycles. The van der Waals surface area contributed by atoms with E-state index in [0.717, 1.165) is 6.29 Å². The highest BCUT2D eigenvalue weighted by Gasteiger charge is 2.02. The number of carboxylic acids is 1. The first-order valence-corrected chi connectivity index (χ1v) is 4.84. The lowest BCUT2D eigenvalue weighted by molar-refractivity contribution is -0.137. The quantitative estimate of drug-likeness (QED) is 0.453. The first-order valence-electron chi connectivity index (χ1n) is 4.84. The van der Waals surface area contributed by atoms with Gasteiger partial charge in [0.05, 0.1) is 0 Å². The molecule has 0 aromatic carbocycles. The van der Waals surface area contributed by atoms with Gasteiger partial charge in [-0.05, 0) is 19.3 Å². The normalized spacial score (nSPS) is 9.71. The number of aldehydes is 1. The number of aliphatic carboxylic acids is 1. The molecule has 0 unspecified atom stereocenters. The summed E-state index contributed by atoms with van der Waals surface area (Å²) in [5.74, 6) is -0.698. The molecule has 0 saturated carbocycles. The fourth-order valence-corrected chi connectivity index (χ4v) is 1.11. The smallest absolute Gasteiger partial charge is 0.303 e. The van der Waals surface area contributed by atoms with Gasteiger partial charge in [0, 0.05) is 25.7 Å². The summed E-state index contributed by atoms with van der Waals surface area (Å²) >= 11 is 0. The van der Waals surface area contributed by atoms with Crippen molar-refractivity contribution in [3.05, 3.63) is 0 Å². The summed E-state index contributed by atoms with van der Waals surface area (Å²) < 4.78 is 0. The van der Waals surface area contributed by atoms with Crippen LogP contribution in [-0.2, 0) is 14.4 Å². The Bertz CT molecular complexity index is 198. The lowest BCUT2D eigenvalue weighted by atomic mass is 10.1. The molecule has 14 heavy (non-hydrogen) atoms. The lowest BCUT2D eigenvalue weighted by Gasteiger charge is -1.98. The third-order valence-electron chi connectivity index (χ3n) is 1.87. The summed E-state index contributed by atoms with van der Waals surface area (Å²) in [4.78, 5) is 31.2. The Hall–Kier alpha value is -1.19. The van der Waals surface area contributed by atoms with Crippen LogP contribution in [0.2, 0.25) is 0 Å². The minimum absolute atomic E-state index is 0.122. The summed E-state index contributed by atoms with van der Waals surface area (Å²) in [5, 5.41) is 8.33. The minimum atomic E-state index is -0.821. The van der Waals surface area contributed by atoms with Gasteiger partial charge in [-0.2, -0.15) is 0 Å². The van der Waals surface area contributed by atoms with Crippen molar-refractivity contribution in [2.24, 2.45) is 0 Å². The molecule has 4 nitrogen and oxygen atoms in total. The van der Waals surface area contributed by atoms with Gasteiger partial charge < -0.3 is 9.90 Å². The van der Waals surface area contributed by atoms with E-state index in [1.807, 2.05) is 0 Å². The van der Waals surface area contributed by atoms with Crippen molar-refractivity contribution >= 4 is 18.0 Å². The molecule has 1 N–H and O–H groups in total. The SMILES string of the molecule is O=CCCCC(=O)CCCCC(=O)O. The van der Waals surface area contributed by atoms with Gasteiger partial charge in [0.25, 0.3) is 0 Å². The molecule has 0 aliphatic carbocycles. The van der Waals surface area contributed by atoms with Crippen LogP contribution in [0.3, 0.4) is 0 Å². The van der Waals surface area contributed by atoms with Gasteiger partial charge in [-0.15, -0.1) is 0 Å². The molecule has 0 fully saturated rings. The molecular weight excluding hydrogens is 184 g/mol. The molecule has 0 bridgehead atoms. The number of carbonyl (C=O) groups excluding carboxylic acids is 2. The van der Waals surface area contributed by atoms with Gasteiger partial charge in [-0.3, -0.25) is 9.59 Å². The predicted octanol–water partition coefficient (Wildman–Crippen LogP) is 1.57. The number of carboxylic acid groups (broad SMARTS) is 1. The Morgan fingerprint density at radius 1 is 1.00 bits per heavy atom. The van der Waals surface area contributed by atoms with Gasteiger partial charge in [0.1, 0.15) is 12.1 Å². The fourth-order valence-electron chi connectivity index (χ4n) is 1.11. The Labute approximate surface area is 83.3 Å². The van der Waals surface area contributed by atoms with Crippen LogP contribution < -0.4 is 0 Å². The average molecular weight is 200 g/mol. The lowest BCUT2D eigenvalue weighted by Crippen LogP contribution is -1.99. The van der Waals surface area contributed by atoms with E-state index < -0.39 is 5.97 Å². The molecule has 0 rings (SSSR count). The van der Waals surface area contributed by atoms with Gasteiger partial charge in [-0.25, -0.2) is 0 Å². The van der Waals surface area contributed by atoms with Crippen molar-refractivity contribution in [1.29, 1.82) is 0 Å². The zero-order valence-corrected chi connectivity index (χ0v) is 8.20. The third-order valence-corrected chi connectivity index (χ3v) is 1.87. The van der Waals surface area contributed by atoms with E-state index in [1.165, 1.54) is 0 Å². The van der Waals surface area contributed by atoms with Crippen LogP contribution in [0.15, 0.2) is 0 Å². The van der Waals surface area contributed by atoms with Crippen LogP contribution in [0.4, 0.5) is 0 Å². The van der Waals surface area contributed by atoms with Crippen molar-refractivity contribution in [2.45, 2.75) is 44.9 Å². The average Bonchev–Trinajstić information content (AvgIpc) is 2.13. The highest BCUT2D eigenvalue weighted by molar-refractivity contribution is 5.78. The van der Waals surface area contributed by atoms with Crippen LogP contribution in [0, 0.1) is 0 Å². The molecular formula is C10H16O4. The van der Waals surface area contributed by atoms with Crippen LogP contribution in [0.5, 0.6) is 0 Å². The third kappa shape index (κ3) is 8.90. The van der Waals surface area contributed by atoms with Gasteiger partial charge in [-0.1, -0.05) is 0 Å². The number of carbonyl (C=O) groups is 3. The fraction of sp³-hybridized carbons (Fsp3) is 0.700. The number of hydrogen-bond acceptors (Lipinski definition) is 3. The summed E-state index contributed by atoms with van der Waals surface area (Å²) in [6.07, 6.45) is 4.03. The van der Waals surface area contributed by atoms with E-state index >= 15 is 0 Å². The van der Waals surface area contributed by atoms with Crippen LogP contribution in [0.25, 0.3) is 0 Å². The molecule has 0 heterocycles. The van der Waals surface area contributed by atoms with E-state index in [1.54, 1.807) is 0 Å². The topological polar surface area (TPSA) is 71.4 Å². The largest absolute Gasteiger partial charge is 0.481 e. The first-order chi connectivity index (χ1) is 6.66. The Morgan fingerprint density at radius 3 is 2.14 bits per heavy atom. The molecule has 0 aliphatic rings. The van der Waals surface area contributed by atoms with Crippen LogP contribution >= 0.6 is 0 Å². The molecule has 80 valence electrons. The van der Waals surface area contributed by atoms with Crippen LogP contribution in [-0.4, -0.2) is 23.1 Å².